The van der Waals surface area contributed by atoms with Crippen molar-refractivity contribution in [3.63, 3.8) is 0 Å². The molecule has 2 aromatic heterocycles. The minimum atomic E-state index is -0.828. The minimum Gasteiger partial charge on any atom is -0.444 e. The van der Waals surface area contributed by atoms with Gasteiger partial charge in [-0.25, -0.2) is 9.78 Å². The molecule has 3 aromatic rings. The van der Waals surface area contributed by atoms with Gasteiger partial charge in [-0.3, -0.25) is 0 Å². The molecule has 0 atom stereocenters. The summed E-state index contributed by atoms with van der Waals surface area (Å²) in [5.41, 5.74) is 1.68. The number of benzene rings is 1. The highest BCUT2D eigenvalue weighted by Gasteiger charge is 2.31. The summed E-state index contributed by atoms with van der Waals surface area (Å²) in [5, 5.41) is 7.56. The Kier molecular flexibility index (Phi) is 5.38. The Morgan fingerprint density at radius 3 is 2.71 bits per heavy atom. The number of H-pyrrole nitrogens is 1. The zero-order valence-electron chi connectivity index (χ0n) is 16.9. The van der Waals surface area contributed by atoms with Gasteiger partial charge in [0.05, 0.1) is 16.8 Å². The van der Waals surface area contributed by atoms with Crippen LogP contribution in [0.3, 0.4) is 0 Å². The minimum absolute atomic E-state index is 0.384. The molecule has 0 radical (unpaired) electrons. The number of amides is 1. The largest absolute Gasteiger partial charge is 0.444 e. The summed E-state index contributed by atoms with van der Waals surface area (Å²) in [6.07, 6.45) is -0.532. The molecule has 1 aromatic carbocycles. The fraction of sp³-hybridized carbons (Fsp3) is 0.474. The molecule has 9 heteroatoms. The van der Waals surface area contributed by atoms with Gasteiger partial charge in [-0.1, -0.05) is 23.0 Å². The molecule has 0 unspecified atom stereocenters. The molecule has 0 aliphatic rings. The molecular weight excluding hydrogens is 378 g/mol. The van der Waals surface area contributed by atoms with Crippen molar-refractivity contribution in [3.05, 3.63) is 35.5 Å². The van der Waals surface area contributed by atoms with E-state index in [4.69, 9.17) is 9.26 Å². The summed E-state index contributed by atoms with van der Waals surface area (Å²) >= 11 is 1.48. The van der Waals surface area contributed by atoms with E-state index in [1.54, 1.807) is 13.8 Å². The highest BCUT2D eigenvalue weighted by Crippen LogP contribution is 2.24. The van der Waals surface area contributed by atoms with Crippen LogP contribution < -0.4 is 5.32 Å². The van der Waals surface area contributed by atoms with Crippen LogP contribution in [0.2, 0.25) is 0 Å². The normalized spacial score (nSPS) is 12.4. The second kappa shape index (κ2) is 7.46. The van der Waals surface area contributed by atoms with Crippen LogP contribution in [0.5, 0.6) is 0 Å². The van der Waals surface area contributed by atoms with Gasteiger partial charge in [0.2, 0.25) is 5.89 Å². The first-order chi connectivity index (χ1) is 13.0. The number of alkyl carbamates (subject to hydrolysis) is 1. The van der Waals surface area contributed by atoms with E-state index in [2.05, 4.69) is 31.5 Å². The maximum Gasteiger partial charge on any atom is 0.408 e. The van der Waals surface area contributed by atoms with Gasteiger partial charge in [0.25, 0.3) is 0 Å². The average Bonchev–Trinajstić information content (AvgIpc) is 3.16. The number of imidazole rings is 1. The molecule has 1 amide bonds. The highest BCUT2D eigenvalue weighted by molar-refractivity contribution is 7.98. The first-order valence-electron chi connectivity index (χ1n) is 8.95. The lowest BCUT2D eigenvalue weighted by molar-refractivity contribution is 0.0465. The summed E-state index contributed by atoms with van der Waals surface area (Å²) in [6.45, 7) is 11.1. The van der Waals surface area contributed by atoms with Gasteiger partial charge in [-0.2, -0.15) is 4.98 Å². The topological polar surface area (TPSA) is 106 Å². The fourth-order valence-corrected chi connectivity index (χ4v) is 3.20. The molecule has 2 heterocycles. The van der Waals surface area contributed by atoms with E-state index in [9.17, 15) is 4.79 Å². The van der Waals surface area contributed by atoms with E-state index in [1.807, 2.05) is 39.8 Å². The molecule has 150 valence electrons. The molecule has 8 nitrogen and oxygen atoms in total. The van der Waals surface area contributed by atoms with E-state index in [1.165, 1.54) is 17.3 Å². The predicted molar refractivity (Wildman–Crippen MR) is 107 cm³/mol. The number of aromatic amines is 1. The average molecular weight is 404 g/mol. The standard InChI is InChI=1S/C19H25N5O3S/c1-11-7-8-12-13(9-11)21-16(20-12)28-10-14-22-15(24-27-14)19(5,6)23-17(25)26-18(2,3)4/h7-9H,10H2,1-6H3,(H,20,21)(H,23,25). The van der Waals surface area contributed by atoms with Crippen LogP contribution in [0, 0.1) is 6.92 Å². The number of carbonyl (C=O) groups excluding carboxylic acids is 1. The number of nitrogens with one attached hydrogen (secondary N) is 2. The van der Waals surface area contributed by atoms with Crippen molar-refractivity contribution < 1.29 is 14.1 Å². The van der Waals surface area contributed by atoms with Crippen LogP contribution in [0.15, 0.2) is 27.9 Å². The zero-order valence-corrected chi connectivity index (χ0v) is 17.7. The van der Waals surface area contributed by atoms with E-state index in [0.29, 0.717) is 17.5 Å². The van der Waals surface area contributed by atoms with Crippen molar-refractivity contribution in [3.8, 4) is 0 Å². The van der Waals surface area contributed by atoms with Crippen LogP contribution >= 0.6 is 11.8 Å². The number of aromatic nitrogens is 4. The summed E-state index contributed by atoms with van der Waals surface area (Å²) < 4.78 is 10.6. The number of fused-ring (bicyclic) bond motifs is 1. The number of thioether (sulfide) groups is 1. The van der Waals surface area contributed by atoms with Crippen molar-refractivity contribution in [1.82, 2.24) is 25.4 Å². The molecule has 28 heavy (non-hydrogen) atoms. The first kappa shape index (κ1) is 20.2. The summed E-state index contributed by atoms with van der Waals surface area (Å²) in [4.78, 5) is 24.3. The first-order valence-corrected chi connectivity index (χ1v) is 9.94. The third kappa shape index (κ3) is 5.03. The highest BCUT2D eigenvalue weighted by atomic mass is 32.2. The van der Waals surface area contributed by atoms with E-state index in [0.717, 1.165) is 16.2 Å². The number of rotatable bonds is 5. The lowest BCUT2D eigenvalue weighted by atomic mass is 10.1. The smallest absolute Gasteiger partial charge is 0.408 e. The molecule has 0 aliphatic carbocycles. The Bertz CT molecular complexity index is 987. The number of hydrogen-bond donors (Lipinski definition) is 2. The molecule has 0 saturated carbocycles. The number of nitrogens with zero attached hydrogens (tertiary/aromatic N) is 3. The third-order valence-corrected chi connectivity index (χ3v) is 4.65. The maximum atomic E-state index is 12.0. The van der Waals surface area contributed by atoms with E-state index in [-0.39, 0.29) is 0 Å². The molecule has 0 fully saturated rings. The number of aryl methyl sites for hydroxylation is 1. The van der Waals surface area contributed by atoms with Gasteiger partial charge >= 0.3 is 6.09 Å². The monoisotopic (exact) mass is 403 g/mol. The Hall–Kier alpha value is -2.55. The zero-order chi connectivity index (χ0) is 20.5. The van der Waals surface area contributed by atoms with Crippen LogP contribution in [-0.2, 0) is 16.0 Å². The Morgan fingerprint density at radius 2 is 2.00 bits per heavy atom. The van der Waals surface area contributed by atoms with E-state index < -0.39 is 17.2 Å². The van der Waals surface area contributed by atoms with E-state index >= 15 is 0 Å². The van der Waals surface area contributed by atoms with Gasteiger partial charge in [-0.05, 0) is 59.2 Å². The lowest BCUT2D eigenvalue weighted by Gasteiger charge is -2.26. The second-order valence-electron chi connectivity index (χ2n) is 8.11. The Morgan fingerprint density at radius 1 is 1.25 bits per heavy atom. The molecule has 0 bridgehead atoms. The van der Waals surface area contributed by atoms with Gasteiger partial charge in [0.1, 0.15) is 11.1 Å². The van der Waals surface area contributed by atoms with Crippen LogP contribution in [0.25, 0.3) is 11.0 Å². The SMILES string of the molecule is Cc1ccc2nc(SCc3nc(C(C)(C)NC(=O)OC(C)(C)C)no3)[nH]c2c1. The van der Waals surface area contributed by atoms with Crippen molar-refractivity contribution in [2.24, 2.45) is 0 Å². The summed E-state index contributed by atoms with van der Waals surface area (Å²) in [7, 11) is 0. The molecule has 0 saturated heterocycles. The predicted octanol–water partition coefficient (Wildman–Crippen LogP) is 4.31. The lowest BCUT2D eigenvalue weighted by Crippen LogP contribution is -2.44. The third-order valence-electron chi connectivity index (χ3n) is 3.79. The van der Waals surface area contributed by atoms with Gasteiger partial charge in [-0.15, -0.1) is 0 Å². The molecule has 0 spiro atoms. The van der Waals surface area contributed by atoms with Crippen molar-refractivity contribution >= 4 is 28.9 Å². The Labute approximate surface area is 167 Å². The summed E-state index contributed by atoms with van der Waals surface area (Å²) in [5.74, 6) is 1.30. The van der Waals surface area contributed by atoms with Crippen molar-refractivity contribution in [2.45, 2.75) is 63.6 Å². The molecular formula is C19H25N5O3S. The second-order valence-corrected chi connectivity index (χ2v) is 9.08. The quantitative estimate of drug-likeness (QED) is 0.612. The van der Waals surface area contributed by atoms with Gasteiger partial charge < -0.3 is 19.6 Å². The number of carbonyl (C=O) groups is 1. The fourth-order valence-electron chi connectivity index (χ4n) is 2.48. The van der Waals surface area contributed by atoms with Crippen molar-refractivity contribution in [1.29, 1.82) is 0 Å². The van der Waals surface area contributed by atoms with Crippen LogP contribution in [-0.4, -0.2) is 31.8 Å². The van der Waals surface area contributed by atoms with Gasteiger partial charge in [0.15, 0.2) is 11.0 Å². The number of hydrogen-bond acceptors (Lipinski definition) is 7. The number of ether oxygens (including phenoxy) is 1. The summed E-state index contributed by atoms with van der Waals surface area (Å²) in [6, 6.07) is 6.07. The van der Waals surface area contributed by atoms with Gasteiger partial charge in [0, 0.05) is 0 Å². The van der Waals surface area contributed by atoms with Crippen LogP contribution in [0.1, 0.15) is 51.9 Å². The molecule has 2 N–H and O–H groups in total. The van der Waals surface area contributed by atoms with Crippen LogP contribution in [0.4, 0.5) is 4.79 Å². The van der Waals surface area contributed by atoms with Crippen molar-refractivity contribution in [2.75, 3.05) is 0 Å². The molecule has 0 aliphatic heterocycles. The maximum absolute atomic E-state index is 12.0. The molecule has 3 rings (SSSR count). The Balaban J connectivity index is 1.63.